The summed E-state index contributed by atoms with van der Waals surface area (Å²) < 4.78 is 5.73. The van der Waals surface area contributed by atoms with Crippen molar-refractivity contribution < 1.29 is 4.74 Å². The molecule has 2 unspecified atom stereocenters. The second-order valence-corrected chi connectivity index (χ2v) is 6.23. The Bertz CT molecular complexity index is 490. The predicted molar refractivity (Wildman–Crippen MR) is 80.4 cm³/mol. The number of nitrogens with zero attached hydrogens (tertiary/aromatic N) is 2. The summed E-state index contributed by atoms with van der Waals surface area (Å²) in [6.07, 6.45) is 4.95. The fourth-order valence-corrected chi connectivity index (χ4v) is 2.98. The van der Waals surface area contributed by atoms with Gasteiger partial charge in [0.25, 0.3) is 0 Å². The summed E-state index contributed by atoms with van der Waals surface area (Å²) in [5.74, 6) is 2.89. The fraction of sp³-hybridized carbons (Fsp3) is 0.733. The van der Waals surface area contributed by atoms with Crippen LogP contribution >= 0.6 is 11.6 Å². The molecular formula is C15H22ClN3O. The monoisotopic (exact) mass is 295 g/mol. The minimum Gasteiger partial charge on any atom is -0.378 e. The van der Waals surface area contributed by atoms with Crippen LogP contribution in [0.25, 0.3) is 0 Å². The Balaban J connectivity index is 1.70. The van der Waals surface area contributed by atoms with Gasteiger partial charge in [0.15, 0.2) is 0 Å². The lowest BCUT2D eigenvalue weighted by Crippen LogP contribution is -2.23. The maximum absolute atomic E-state index is 6.23. The van der Waals surface area contributed by atoms with Crippen LogP contribution in [0.5, 0.6) is 0 Å². The molecule has 1 aromatic heterocycles. The summed E-state index contributed by atoms with van der Waals surface area (Å²) in [5.41, 5.74) is 0.947. The number of aromatic nitrogens is 2. The number of halogens is 1. The number of rotatable bonds is 5. The first kappa shape index (κ1) is 14.1. The number of anilines is 1. The third-order valence-electron chi connectivity index (χ3n) is 4.33. The third kappa shape index (κ3) is 2.91. The first-order valence-electron chi connectivity index (χ1n) is 7.58. The number of ether oxygens (including phenoxy) is 1. The highest BCUT2D eigenvalue weighted by molar-refractivity contribution is 6.30. The van der Waals surface area contributed by atoms with Crippen LogP contribution in [0.4, 0.5) is 5.82 Å². The maximum atomic E-state index is 6.23. The van der Waals surface area contributed by atoms with E-state index in [-0.39, 0.29) is 0 Å². The molecule has 0 aromatic carbocycles. The van der Waals surface area contributed by atoms with Crippen LogP contribution in [-0.4, -0.2) is 29.2 Å². The van der Waals surface area contributed by atoms with Gasteiger partial charge >= 0.3 is 0 Å². The van der Waals surface area contributed by atoms with Crippen molar-refractivity contribution in [1.29, 1.82) is 0 Å². The molecule has 3 rings (SSSR count). The highest BCUT2D eigenvalue weighted by Gasteiger charge is 2.29. The van der Waals surface area contributed by atoms with E-state index < -0.39 is 0 Å². The lowest BCUT2D eigenvalue weighted by Gasteiger charge is -2.18. The molecule has 2 aliphatic rings. The summed E-state index contributed by atoms with van der Waals surface area (Å²) >= 11 is 6.23. The molecule has 20 heavy (non-hydrogen) atoms. The average Bonchev–Trinajstić information content (AvgIpc) is 3.19. The topological polar surface area (TPSA) is 47.0 Å². The smallest absolute Gasteiger partial charge is 0.137 e. The Hall–Kier alpha value is -0.870. The molecule has 1 N–H and O–H groups in total. The highest BCUT2D eigenvalue weighted by atomic mass is 35.5. The van der Waals surface area contributed by atoms with E-state index in [4.69, 9.17) is 16.3 Å². The SMILES string of the molecule is CCC1OCCC1CNc1nc(C2CC2)nc(Cl)c1C. The third-order valence-corrected chi connectivity index (χ3v) is 4.69. The fourth-order valence-electron chi connectivity index (χ4n) is 2.81. The van der Waals surface area contributed by atoms with Gasteiger partial charge in [-0.25, -0.2) is 9.97 Å². The largest absolute Gasteiger partial charge is 0.378 e. The standard InChI is InChI=1S/C15H22ClN3O/c1-3-12-11(6-7-20-12)8-17-14-9(2)13(16)18-15(19-14)10-4-5-10/h10-12H,3-8H2,1-2H3,(H,17,18,19). The number of hydrogen-bond acceptors (Lipinski definition) is 4. The summed E-state index contributed by atoms with van der Waals surface area (Å²) in [7, 11) is 0. The molecule has 1 saturated heterocycles. The number of hydrogen-bond donors (Lipinski definition) is 1. The highest BCUT2D eigenvalue weighted by Crippen LogP contribution is 2.39. The van der Waals surface area contributed by atoms with Crippen LogP contribution in [0.1, 0.15) is 49.9 Å². The Kier molecular flexibility index (Phi) is 4.13. The molecule has 110 valence electrons. The van der Waals surface area contributed by atoms with Crippen molar-refractivity contribution in [2.24, 2.45) is 5.92 Å². The molecule has 5 heteroatoms. The van der Waals surface area contributed by atoms with Crippen molar-refractivity contribution in [2.75, 3.05) is 18.5 Å². The first-order chi connectivity index (χ1) is 9.69. The van der Waals surface area contributed by atoms with Crippen LogP contribution in [0.2, 0.25) is 5.15 Å². The van der Waals surface area contributed by atoms with Crippen molar-refractivity contribution >= 4 is 17.4 Å². The van der Waals surface area contributed by atoms with Gasteiger partial charge in [0.1, 0.15) is 16.8 Å². The lowest BCUT2D eigenvalue weighted by atomic mass is 10.00. The average molecular weight is 296 g/mol. The van der Waals surface area contributed by atoms with Gasteiger partial charge in [0.05, 0.1) is 6.10 Å². The molecule has 2 fully saturated rings. The van der Waals surface area contributed by atoms with E-state index in [0.29, 0.717) is 23.1 Å². The van der Waals surface area contributed by atoms with Gasteiger partial charge in [0, 0.05) is 30.6 Å². The Morgan fingerprint density at radius 3 is 2.80 bits per heavy atom. The lowest BCUT2D eigenvalue weighted by molar-refractivity contribution is 0.0900. The number of nitrogens with one attached hydrogen (secondary N) is 1. The van der Waals surface area contributed by atoms with Gasteiger partial charge in [-0.2, -0.15) is 0 Å². The van der Waals surface area contributed by atoms with E-state index in [1.807, 2.05) is 6.92 Å². The van der Waals surface area contributed by atoms with E-state index in [0.717, 1.165) is 43.2 Å². The molecule has 0 spiro atoms. The molecule has 0 amide bonds. The minimum absolute atomic E-state index is 0.378. The molecule has 0 bridgehead atoms. The second-order valence-electron chi connectivity index (χ2n) is 5.87. The van der Waals surface area contributed by atoms with E-state index in [9.17, 15) is 0 Å². The molecule has 1 aromatic rings. The predicted octanol–water partition coefficient (Wildman–Crippen LogP) is 3.54. The second kappa shape index (κ2) is 5.86. The van der Waals surface area contributed by atoms with Crippen molar-refractivity contribution in [3.8, 4) is 0 Å². The van der Waals surface area contributed by atoms with Crippen LogP contribution < -0.4 is 5.32 Å². The zero-order valence-electron chi connectivity index (χ0n) is 12.2. The van der Waals surface area contributed by atoms with Crippen LogP contribution in [0, 0.1) is 12.8 Å². The summed E-state index contributed by atoms with van der Waals surface area (Å²) in [4.78, 5) is 9.06. The summed E-state index contributed by atoms with van der Waals surface area (Å²) in [6.45, 7) is 5.93. The Morgan fingerprint density at radius 2 is 2.10 bits per heavy atom. The zero-order valence-corrected chi connectivity index (χ0v) is 12.9. The van der Waals surface area contributed by atoms with Gasteiger partial charge in [-0.3, -0.25) is 0 Å². The quantitative estimate of drug-likeness (QED) is 0.844. The molecule has 4 nitrogen and oxygen atoms in total. The Labute approximate surface area is 125 Å². The van der Waals surface area contributed by atoms with Gasteiger partial charge in [-0.15, -0.1) is 0 Å². The Morgan fingerprint density at radius 1 is 1.30 bits per heavy atom. The van der Waals surface area contributed by atoms with E-state index in [1.54, 1.807) is 0 Å². The molecule has 0 radical (unpaired) electrons. The van der Waals surface area contributed by atoms with Gasteiger partial charge in [-0.1, -0.05) is 18.5 Å². The maximum Gasteiger partial charge on any atom is 0.137 e. The van der Waals surface area contributed by atoms with E-state index in [1.165, 1.54) is 12.8 Å². The minimum atomic E-state index is 0.378. The normalized spacial score (nSPS) is 25.9. The van der Waals surface area contributed by atoms with Gasteiger partial charge < -0.3 is 10.1 Å². The molecule has 1 aliphatic heterocycles. The molecule has 2 heterocycles. The van der Waals surface area contributed by atoms with Crippen molar-refractivity contribution in [1.82, 2.24) is 9.97 Å². The zero-order chi connectivity index (χ0) is 14.1. The molecular weight excluding hydrogens is 274 g/mol. The van der Waals surface area contributed by atoms with Gasteiger partial charge in [-0.05, 0) is 32.6 Å². The van der Waals surface area contributed by atoms with Gasteiger partial charge in [0.2, 0.25) is 0 Å². The van der Waals surface area contributed by atoms with E-state index in [2.05, 4.69) is 22.2 Å². The molecule has 1 aliphatic carbocycles. The first-order valence-corrected chi connectivity index (χ1v) is 7.96. The molecule has 1 saturated carbocycles. The summed E-state index contributed by atoms with van der Waals surface area (Å²) in [5, 5.41) is 4.05. The van der Waals surface area contributed by atoms with Crippen LogP contribution in [0.3, 0.4) is 0 Å². The molecule has 2 atom stereocenters. The summed E-state index contributed by atoms with van der Waals surface area (Å²) in [6, 6.07) is 0. The van der Waals surface area contributed by atoms with E-state index >= 15 is 0 Å². The van der Waals surface area contributed by atoms with Crippen molar-refractivity contribution in [2.45, 2.75) is 51.6 Å². The van der Waals surface area contributed by atoms with Crippen LogP contribution in [0.15, 0.2) is 0 Å². The van der Waals surface area contributed by atoms with Crippen molar-refractivity contribution in [3.05, 3.63) is 16.5 Å². The van der Waals surface area contributed by atoms with Crippen molar-refractivity contribution in [3.63, 3.8) is 0 Å². The van der Waals surface area contributed by atoms with Crippen LogP contribution in [-0.2, 0) is 4.74 Å².